The van der Waals surface area contributed by atoms with Crippen LogP contribution < -0.4 is 0 Å². The second-order valence-corrected chi connectivity index (χ2v) is 20.2. The van der Waals surface area contributed by atoms with Gasteiger partial charge in [-0.25, -0.2) is 0 Å². The van der Waals surface area contributed by atoms with E-state index in [4.69, 9.17) is 0 Å². The third-order valence-electron chi connectivity index (χ3n) is 5.91. The van der Waals surface area contributed by atoms with Crippen LogP contribution in [0.2, 0.25) is 0 Å². The molecule has 4 heteroatoms. The minimum atomic E-state index is -2.24. The summed E-state index contributed by atoms with van der Waals surface area (Å²) in [5, 5.41) is -0.265. The van der Waals surface area contributed by atoms with Gasteiger partial charge >= 0.3 is 0 Å². The first-order valence-corrected chi connectivity index (χ1v) is 14.9. The van der Waals surface area contributed by atoms with Gasteiger partial charge in [-0.15, -0.1) is 0 Å². The quantitative estimate of drug-likeness (QED) is 0.286. The van der Waals surface area contributed by atoms with Crippen LogP contribution in [-0.2, 0) is 9.13 Å². The van der Waals surface area contributed by atoms with E-state index in [9.17, 15) is 9.13 Å². The van der Waals surface area contributed by atoms with Gasteiger partial charge in [-0.3, -0.25) is 0 Å². The molecule has 0 rings (SSSR count). The van der Waals surface area contributed by atoms with Crippen molar-refractivity contribution in [1.82, 2.24) is 0 Å². The molecule has 0 aliphatic rings. The van der Waals surface area contributed by atoms with Crippen molar-refractivity contribution in [3.63, 3.8) is 0 Å². The summed E-state index contributed by atoms with van der Waals surface area (Å²) in [5.41, 5.74) is 0.372. The molecule has 0 saturated heterocycles. The Hall–Kier alpha value is 0.460. The first-order chi connectivity index (χ1) is 11.1. The molecule has 158 valence electrons. The number of rotatable bonds is 9. The molecule has 0 N–H and O–H groups in total. The second kappa shape index (κ2) is 8.45. The summed E-state index contributed by atoms with van der Waals surface area (Å²) in [7, 11) is -4.48. The number of unbranched alkanes of at least 4 members (excludes halogenated alkanes) is 1. The normalized spacial score (nSPS) is 19.1. The molecule has 0 spiro atoms. The van der Waals surface area contributed by atoms with Crippen molar-refractivity contribution in [2.45, 2.75) is 105 Å². The van der Waals surface area contributed by atoms with E-state index in [2.05, 4.69) is 69.2 Å². The average molecular weight is 407 g/mol. The molecule has 0 bridgehead atoms. The molecule has 0 aromatic heterocycles. The van der Waals surface area contributed by atoms with Crippen LogP contribution >= 0.6 is 14.3 Å². The molecule has 0 radical (unpaired) electrons. The van der Waals surface area contributed by atoms with Crippen LogP contribution in [-0.4, -0.2) is 36.0 Å². The van der Waals surface area contributed by atoms with Crippen molar-refractivity contribution in [2.75, 3.05) is 25.7 Å². The lowest BCUT2D eigenvalue weighted by molar-refractivity contribution is 0.328. The minimum Gasteiger partial charge on any atom is -0.323 e. The topological polar surface area (TPSA) is 34.1 Å². The molecule has 0 aromatic carbocycles. The van der Waals surface area contributed by atoms with Crippen LogP contribution in [0.1, 0.15) is 94.9 Å². The zero-order valence-electron chi connectivity index (χ0n) is 20.0. The van der Waals surface area contributed by atoms with Crippen LogP contribution in [0.15, 0.2) is 0 Å². The molecule has 0 aromatic rings. The Balaban J connectivity index is 4.79. The molecule has 0 heterocycles. The van der Waals surface area contributed by atoms with E-state index in [0.29, 0.717) is 0 Å². The van der Waals surface area contributed by atoms with E-state index < -0.39 is 14.3 Å². The van der Waals surface area contributed by atoms with Gasteiger partial charge in [0.25, 0.3) is 0 Å². The molecular formula is C22H48O2P2. The van der Waals surface area contributed by atoms with E-state index in [1.807, 2.05) is 13.3 Å². The molecule has 2 unspecified atom stereocenters. The lowest BCUT2D eigenvalue weighted by atomic mass is 9.86. The van der Waals surface area contributed by atoms with Gasteiger partial charge in [-0.05, 0) is 49.8 Å². The standard InChI is InChI=1S/C22H48O2P2/c1-19(2,3)17-21(7,8)25(11,23)15-13-14-16-26(12,24)22(9,10)18-20(4,5)6/h13-18H2,1-12H3. The maximum atomic E-state index is 13.4. The van der Waals surface area contributed by atoms with Crippen LogP contribution in [0.4, 0.5) is 0 Å². The minimum absolute atomic E-state index is 0.132. The molecular weight excluding hydrogens is 358 g/mol. The van der Waals surface area contributed by atoms with E-state index in [-0.39, 0.29) is 21.1 Å². The van der Waals surface area contributed by atoms with Crippen LogP contribution in [0, 0.1) is 10.8 Å². The molecule has 0 aliphatic carbocycles. The van der Waals surface area contributed by atoms with Crippen LogP contribution in [0.5, 0.6) is 0 Å². The maximum Gasteiger partial charge on any atom is 0.0901 e. The first kappa shape index (κ1) is 26.5. The van der Waals surface area contributed by atoms with Gasteiger partial charge in [0.2, 0.25) is 0 Å². The highest BCUT2D eigenvalue weighted by Gasteiger charge is 2.40. The Bertz CT molecular complexity index is 495. The summed E-state index contributed by atoms with van der Waals surface area (Å²) in [4.78, 5) is 0. The number of hydrogen-bond acceptors (Lipinski definition) is 2. The molecule has 0 saturated carbocycles. The summed E-state index contributed by atoms with van der Waals surface area (Å²) in [6, 6.07) is 0. The van der Waals surface area contributed by atoms with Crippen molar-refractivity contribution in [2.24, 2.45) is 10.8 Å². The SMILES string of the molecule is CC(C)(C)CC(C)(C)P(C)(=O)CCCCP(C)(=O)C(C)(C)CC(C)(C)C. The fourth-order valence-corrected chi connectivity index (χ4v) is 8.84. The van der Waals surface area contributed by atoms with Crippen LogP contribution in [0.25, 0.3) is 0 Å². The monoisotopic (exact) mass is 406 g/mol. The summed E-state index contributed by atoms with van der Waals surface area (Å²) in [5.74, 6) is 0. The Morgan fingerprint density at radius 1 is 0.538 bits per heavy atom. The zero-order chi connectivity index (χ0) is 21.2. The van der Waals surface area contributed by atoms with Gasteiger partial charge < -0.3 is 9.13 Å². The van der Waals surface area contributed by atoms with E-state index >= 15 is 0 Å². The Kier molecular flexibility index (Phi) is 8.60. The zero-order valence-corrected chi connectivity index (χ0v) is 21.7. The summed E-state index contributed by atoms with van der Waals surface area (Å²) >= 11 is 0. The molecule has 0 aliphatic heterocycles. The van der Waals surface area contributed by atoms with Crippen molar-refractivity contribution in [3.8, 4) is 0 Å². The van der Waals surface area contributed by atoms with E-state index in [1.165, 1.54) is 0 Å². The highest BCUT2D eigenvalue weighted by Crippen LogP contribution is 2.61. The second-order valence-electron chi connectivity index (χ2n) is 12.5. The van der Waals surface area contributed by atoms with Crippen molar-refractivity contribution >= 4 is 14.3 Å². The summed E-state index contributed by atoms with van der Waals surface area (Å²) in [6.45, 7) is 25.9. The summed E-state index contributed by atoms with van der Waals surface area (Å²) in [6.07, 6.45) is 5.33. The van der Waals surface area contributed by atoms with Crippen molar-refractivity contribution < 1.29 is 9.13 Å². The smallest absolute Gasteiger partial charge is 0.0901 e. The third kappa shape index (κ3) is 8.65. The Morgan fingerprint density at radius 2 is 0.769 bits per heavy atom. The Labute approximate surface area is 165 Å². The highest BCUT2D eigenvalue weighted by molar-refractivity contribution is 7.65. The van der Waals surface area contributed by atoms with Crippen molar-refractivity contribution in [3.05, 3.63) is 0 Å². The van der Waals surface area contributed by atoms with Crippen LogP contribution in [0.3, 0.4) is 0 Å². The molecule has 2 atom stereocenters. The lowest BCUT2D eigenvalue weighted by Crippen LogP contribution is -2.29. The van der Waals surface area contributed by atoms with Gasteiger partial charge in [-0.1, -0.05) is 69.2 Å². The fraction of sp³-hybridized carbons (Fsp3) is 1.00. The van der Waals surface area contributed by atoms with E-state index in [0.717, 1.165) is 38.0 Å². The van der Waals surface area contributed by atoms with Crippen molar-refractivity contribution in [1.29, 1.82) is 0 Å². The molecule has 2 nitrogen and oxygen atoms in total. The maximum absolute atomic E-state index is 13.4. The van der Waals surface area contributed by atoms with Gasteiger partial charge in [0.05, 0.1) is 14.3 Å². The molecule has 0 fully saturated rings. The average Bonchev–Trinajstić information content (AvgIpc) is 2.28. The Morgan fingerprint density at radius 3 is 0.962 bits per heavy atom. The fourth-order valence-electron chi connectivity index (χ4n) is 4.36. The highest BCUT2D eigenvalue weighted by atomic mass is 31.2. The number of hydrogen-bond donors (Lipinski definition) is 0. The summed E-state index contributed by atoms with van der Waals surface area (Å²) < 4.78 is 26.7. The predicted octanol–water partition coefficient (Wildman–Crippen LogP) is 8.18. The van der Waals surface area contributed by atoms with Gasteiger partial charge in [0.1, 0.15) is 0 Å². The lowest BCUT2D eigenvalue weighted by Gasteiger charge is -2.38. The van der Waals surface area contributed by atoms with Gasteiger partial charge in [0, 0.05) is 22.6 Å². The predicted molar refractivity (Wildman–Crippen MR) is 122 cm³/mol. The third-order valence-corrected chi connectivity index (χ3v) is 13.7. The largest absolute Gasteiger partial charge is 0.323 e. The van der Waals surface area contributed by atoms with E-state index in [1.54, 1.807) is 0 Å². The molecule has 0 amide bonds. The first-order valence-electron chi connectivity index (χ1n) is 10.3. The molecule has 26 heavy (non-hydrogen) atoms. The van der Waals surface area contributed by atoms with Gasteiger partial charge in [0.15, 0.2) is 0 Å². The van der Waals surface area contributed by atoms with Gasteiger partial charge in [-0.2, -0.15) is 0 Å².